The van der Waals surface area contributed by atoms with Crippen LogP contribution in [0, 0.1) is 6.92 Å². The molecule has 0 saturated heterocycles. The summed E-state index contributed by atoms with van der Waals surface area (Å²) in [5.74, 6) is 0.0668. The van der Waals surface area contributed by atoms with Crippen molar-refractivity contribution in [2.45, 2.75) is 13.8 Å². The number of aryl methyl sites for hydroxylation is 1. The van der Waals surface area contributed by atoms with Gasteiger partial charge in [0.15, 0.2) is 11.6 Å². The fraction of sp³-hybridized carbons (Fsp3) is 0.130. The SMILES string of the molecule is CCOC(=O)c1cnn(-c2cc(C)c3ccccc3n2)c1NC(=O)Nc1ccccc1. The number of carbonyl (C=O) groups excluding carboxylic acids is 2. The molecule has 2 N–H and O–H groups in total. The molecule has 0 fully saturated rings. The summed E-state index contributed by atoms with van der Waals surface area (Å²) in [5.41, 5.74) is 2.53. The van der Waals surface area contributed by atoms with E-state index in [1.54, 1.807) is 19.1 Å². The Morgan fingerprint density at radius 2 is 1.77 bits per heavy atom. The predicted molar refractivity (Wildman–Crippen MR) is 119 cm³/mol. The van der Waals surface area contributed by atoms with E-state index in [1.165, 1.54) is 10.9 Å². The maximum atomic E-state index is 12.6. The number of hydrogen-bond donors (Lipinski definition) is 2. The zero-order chi connectivity index (χ0) is 21.8. The lowest BCUT2D eigenvalue weighted by molar-refractivity contribution is 0.0527. The molecule has 0 radical (unpaired) electrons. The van der Waals surface area contributed by atoms with E-state index < -0.39 is 12.0 Å². The highest BCUT2D eigenvalue weighted by molar-refractivity contribution is 6.04. The number of nitrogens with zero attached hydrogens (tertiary/aromatic N) is 3. The van der Waals surface area contributed by atoms with Crippen LogP contribution < -0.4 is 10.6 Å². The summed E-state index contributed by atoms with van der Waals surface area (Å²) in [4.78, 5) is 29.8. The van der Waals surface area contributed by atoms with E-state index in [0.717, 1.165) is 16.5 Å². The van der Waals surface area contributed by atoms with Crippen LogP contribution in [-0.2, 0) is 4.74 Å². The minimum atomic E-state index is -0.582. The van der Waals surface area contributed by atoms with Crippen LogP contribution in [0.5, 0.6) is 0 Å². The number of ether oxygens (including phenoxy) is 1. The summed E-state index contributed by atoms with van der Waals surface area (Å²) in [5, 5.41) is 10.8. The molecule has 0 atom stereocenters. The highest BCUT2D eigenvalue weighted by atomic mass is 16.5. The summed E-state index contributed by atoms with van der Waals surface area (Å²) in [6, 6.07) is 18.1. The van der Waals surface area contributed by atoms with Gasteiger partial charge in [0.2, 0.25) is 0 Å². The standard InChI is InChI=1S/C23H21N5O3/c1-3-31-22(29)18-14-24-28(20-13-15(2)17-11-7-8-12-19(17)26-20)21(18)27-23(30)25-16-9-5-4-6-10-16/h4-14H,3H2,1-2H3,(H2,25,27,30). The molecular weight excluding hydrogens is 394 g/mol. The molecule has 0 saturated carbocycles. The maximum Gasteiger partial charge on any atom is 0.343 e. The highest BCUT2D eigenvalue weighted by Crippen LogP contribution is 2.24. The van der Waals surface area contributed by atoms with Gasteiger partial charge in [0.1, 0.15) is 5.56 Å². The van der Waals surface area contributed by atoms with Crippen molar-refractivity contribution in [3.63, 3.8) is 0 Å². The molecule has 0 aliphatic carbocycles. The molecule has 0 aliphatic rings. The van der Waals surface area contributed by atoms with Gasteiger partial charge >= 0.3 is 12.0 Å². The van der Waals surface area contributed by atoms with Crippen LogP contribution in [-0.4, -0.2) is 33.4 Å². The Kier molecular flexibility index (Phi) is 5.61. The number of urea groups is 1. The molecule has 0 aliphatic heterocycles. The average molecular weight is 415 g/mol. The van der Waals surface area contributed by atoms with Crippen molar-refractivity contribution >= 4 is 34.4 Å². The summed E-state index contributed by atoms with van der Waals surface area (Å²) >= 11 is 0. The van der Waals surface area contributed by atoms with E-state index in [4.69, 9.17) is 4.74 Å². The quantitative estimate of drug-likeness (QED) is 0.466. The molecule has 2 aromatic carbocycles. The fourth-order valence-corrected chi connectivity index (χ4v) is 3.23. The van der Waals surface area contributed by atoms with E-state index >= 15 is 0 Å². The van der Waals surface area contributed by atoms with Crippen LogP contribution >= 0.6 is 0 Å². The van der Waals surface area contributed by atoms with E-state index in [9.17, 15) is 9.59 Å². The molecule has 2 aromatic heterocycles. The zero-order valence-corrected chi connectivity index (χ0v) is 17.1. The Balaban J connectivity index is 1.74. The number of aromatic nitrogens is 3. The molecule has 2 amide bonds. The molecular formula is C23H21N5O3. The van der Waals surface area contributed by atoms with E-state index in [1.807, 2.05) is 55.5 Å². The number of fused-ring (bicyclic) bond motifs is 1. The summed E-state index contributed by atoms with van der Waals surface area (Å²) < 4.78 is 6.55. The molecule has 0 spiro atoms. The minimum absolute atomic E-state index is 0.137. The van der Waals surface area contributed by atoms with Gasteiger partial charge in [-0.25, -0.2) is 14.6 Å². The highest BCUT2D eigenvalue weighted by Gasteiger charge is 2.22. The topological polar surface area (TPSA) is 98.1 Å². The van der Waals surface area contributed by atoms with Gasteiger partial charge in [-0.1, -0.05) is 36.4 Å². The molecule has 4 aromatic rings. The van der Waals surface area contributed by atoms with Gasteiger partial charge in [-0.15, -0.1) is 0 Å². The predicted octanol–water partition coefficient (Wildman–Crippen LogP) is 4.55. The second-order valence-corrected chi connectivity index (χ2v) is 6.80. The van der Waals surface area contributed by atoms with E-state index in [0.29, 0.717) is 11.5 Å². The van der Waals surface area contributed by atoms with Crippen LogP contribution in [0.15, 0.2) is 66.9 Å². The van der Waals surface area contributed by atoms with Crippen LogP contribution in [0.3, 0.4) is 0 Å². The van der Waals surface area contributed by atoms with Gasteiger partial charge in [0, 0.05) is 11.1 Å². The summed E-state index contributed by atoms with van der Waals surface area (Å²) in [7, 11) is 0. The lowest BCUT2D eigenvalue weighted by Gasteiger charge is -2.13. The number of pyridine rings is 1. The number of nitrogens with one attached hydrogen (secondary N) is 2. The van der Waals surface area contributed by atoms with Crippen molar-refractivity contribution in [2.24, 2.45) is 0 Å². The Morgan fingerprint density at radius 3 is 2.55 bits per heavy atom. The molecule has 4 rings (SSSR count). The van der Waals surface area contributed by atoms with E-state index in [-0.39, 0.29) is 18.0 Å². The lowest BCUT2D eigenvalue weighted by atomic mass is 10.1. The number of carbonyl (C=O) groups is 2. The number of esters is 1. The Labute approximate surface area is 178 Å². The van der Waals surface area contributed by atoms with Crippen molar-refractivity contribution < 1.29 is 14.3 Å². The van der Waals surface area contributed by atoms with Crippen LogP contribution in [0.25, 0.3) is 16.7 Å². The summed E-state index contributed by atoms with van der Waals surface area (Å²) in [6.07, 6.45) is 1.36. The van der Waals surface area contributed by atoms with Crippen molar-refractivity contribution in [3.05, 3.63) is 78.0 Å². The number of hydrogen-bond acceptors (Lipinski definition) is 5. The molecule has 8 nitrogen and oxygen atoms in total. The maximum absolute atomic E-state index is 12.6. The molecule has 2 heterocycles. The Bertz CT molecular complexity index is 1250. The van der Waals surface area contributed by atoms with Gasteiger partial charge in [0.05, 0.1) is 18.3 Å². The lowest BCUT2D eigenvalue weighted by Crippen LogP contribution is -2.23. The van der Waals surface area contributed by atoms with Gasteiger partial charge in [-0.2, -0.15) is 9.78 Å². The third-order valence-electron chi connectivity index (χ3n) is 4.65. The minimum Gasteiger partial charge on any atom is -0.462 e. The van der Waals surface area contributed by atoms with Crippen molar-refractivity contribution in [1.29, 1.82) is 0 Å². The van der Waals surface area contributed by atoms with Crippen LogP contribution in [0.4, 0.5) is 16.3 Å². The largest absolute Gasteiger partial charge is 0.462 e. The third-order valence-corrected chi connectivity index (χ3v) is 4.65. The molecule has 8 heteroatoms. The fourth-order valence-electron chi connectivity index (χ4n) is 3.23. The van der Waals surface area contributed by atoms with Gasteiger partial charge in [0.25, 0.3) is 0 Å². The Morgan fingerprint density at radius 1 is 1.03 bits per heavy atom. The third kappa shape index (κ3) is 4.23. The first kappa shape index (κ1) is 20.1. The zero-order valence-electron chi connectivity index (χ0n) is 17.1. The first-order valence-electron chi connectivity index (χ1n) is 9.81. The molecule has 156 valence electrons. The van der Waals surface area contributed by atoms with Crippen molar-refractivity contribution in [1.82, 2.24) is 14.8 Å². The van der Waals surface area contributed by atoms with Gasteiger partial charge in [-0.3, -0.25) is 5.32 Å². The number of para-hydroxylation sites is 2. The normalized spacial score (nSPS) is 10.6. The Hall–Kier alpha value is -4.20. The van der Waals surface area contributed by atoms with Crippen LogP contribution in [0.2, 0.25) is 0 Å². The van der Waals surface area contributed by atoms with Crippen LogP contribution in [0.1, 0.15) is 22.8 Å². The molecule has 0 bridgehead atoms. The number of benzene rings is 2. The second kappa shape index (κ2) is 8.66. The smallest absolute Gasteiger partial charge is 0.343 e. The second-order valence-electron chi connectivity index (χ2n) is 6.80. The van der Waals surface area contributed by atoms with E-state index in [2.05, 4.69) is 20.7 Å². The number of amides is 2. The average Bonchev–Trinajstić information content (AvgIpc) is 3.18. The van der Waals surface area contributed by atoms with Crippen molar-refractivity contribution in [2.75, 3.05) is 17.2 Å². The summed E-state index contributed by atoms with van der Waals surface area (Å²) in [6.45, 7) is 3.89. The first-order valence-corrected chi connectivity index (χ1v) is 9.81. The molecule has 0 unspecified atom stereocenters. The van der Waals surface area contributed by atoms with Gasteiger partial charge in [-0.05, 0) is 43.7 Å². The number of anilines is 2. The van der Waals surface area contributed by atoms with Crippen molar-refractivity contribution in [3.8, 4) is 5.82 Å². The van der Waals surface area contributed by atoms with Gasteiger partial charge < -0.3 is 10.1 Å². The molecule has 31 heavy (non-hydrogen) atoms. The first-order chi connectivity index (χ1) is 15.1. The monoisotopic (exact) mass is 415 g/mol. The number of rotatable bonds is 5.